The van der Waals surface area contributed by atoms with Crippen LogP contribution in [-0.4, -0.2) is 46.7 Å². The molecular weight excluding hydrogens is 300 g/mol. The molecule has 6 nitrogen and oxygen atoms in total. The first-order valence-electron chi connectivity index (χ1n) is 8.93. The molecule has 7 atom stereocenters. The van der Waals surface area contributed by atoms with Crippen molar-refractivity contribution in [2.75, 3.05) is 13.2 Å². The first-order valence-corrected chi connectivity index (χ1v) is 8.93. The molecule has 5 fully saturated rings. The molecule has 0 aromatic rings. The summed E-state index contributed by atoms with van der Waals surface area (Å²) in [7, 11) is 0. The van der Waals surface area contributed by atoms with Crippen LogP contribution in [0.4, 0.5) is 0 Å². The Kier molecular flexibility index (Phi) is 3.80. The average Bonchev–Trinajstić information content (AvgIpc) is 2.76. The van der Waals surface area contributed by atoms with Crippen molar-refractivity contribution in [3.63, 3.8) is 0 Å². The minimum atomic E-state index is -0.998. The largest absolute Gasteiger partial charge is 0.396 e. The van der Waals surface area contributed by atoms with E-state index in [1.165, 1.54) is 0 Å². The molecule has 0 aromatic carbocycles. The van der Waals surface area contributed by atoms with Crippen molar-refractivity contribution in [2.45, 2.75) is 75.7 Å². The molecule has 1 spiro atoms. The molecule has 1 saturated carbocycles. The van der Waals surface area contributed by atoms with Gasteiger partial charge in [0.25, 0.3) is 0 Å². The molecule has 0 radical (unpaired) electrons. The van der Waals surface area contributed by atoms with Gasteiger partial charge in [0.1, 0.15) is 0 Å². The number of aliphatic hydroxyl groups is 2. The number of aliphatic hydroxyl groups excluding tert-OH is 1. The van der Waals surface area contributed by atoms with Crippen LogP contribution >= 0.6 is 0 Å². The maximum absolute atomic E-state index is 11.3. The molecule has 5 rings (SSSR count). The lowest BCUT2D eigenvalue weighted by atomic mass is 9.56. The van der Waals surface area contributed by atoms with Crippen molar-refractivity contribution >= 4 is 0 Å². The highest BCUT2D eigenvalue weighted by atomic mass is 17.3. The number of fused-ring (bicyclic) bond motifs is 2. The summed E-state index contributed by atoms with van der Waals surface area (Å²) >= 11 is 0. The van der Waals surface area contributed by atoms with Gasteiger partial charge in [-0.1, -0.05) is 6.92 Å². The Labute approximate surface area is 137 Å². The molecule has 0 aromatic heterocycles. The summed E-state index contributed by atoms with van der Waals surface area (Å²) in [5, 5.41) is 20.5. The molecular formula is C17H28O6. The second kappa shape index (κ2) is 5.38. The number of rotatable bonds is 3. The lowest BCUT2D eigenvalue weighted by Crippen LogP contribution is -2.73. The van der Waals surface area contributed by atoms with E-state index in [2.05, 4.69) is 6.92 Å². The van der Waals surface area contributed by atoms with Gasteiger partial charge in [0, 0.05) is 18.9 Å². The van der Waals surface area contributed by atoms with Gasteiger partial charge >= 0.3 is 0 Å². The highest BCUT2D eigenvalue weighted by Crippen LogP contribution is 2.60. The van der Waals surface area contributed by atoms with Gasteiger partial charge in [-0.15, -0.1) is 0 Å². The second-order valence-corrected chi connectivity index (χ2v) is 8.10. The summed E-state index contributed by atoms with van der Waals surface area (Å²) in [6.07, 6.45) is 4.21. The maximum Gasteiger partial charge on any atom is 0.201 e. The van der Waals surface area contributed by atoms with Crippen molar-refractivity contribution in [2.24, 2.45) is 17.8 Å². The minimum Gasteiger partial charge on any atom is -0.396 e. The smallest absolute Gasteiger partial charge is 0.201 e. The highest BCUT2D eigenvalue weighted by molar-refractivity contribution is 5.13. The summed E-state index contributed by atoms with van der Waals surface area (Å²) in [6.45, 7) is 4.44. The van der Waals surface area contributed by atoms with Gasteiger partial charge in [-0.3, -0.25) is 0 Å². The molecule has 4 saturated heterocycles. The van der Waals surface area contributed by atoms with Crippen LogP contribution in [0.2, 0.25) is 0 Å². The third-order valence-corrected chi connectivity index (χ3v) is 6.62. The lowest BCUT2D eigenvalue weighted by molar-refractivity contribution is -0.572. The van der Waals surface area contributed by atoms with Gasteiger partial charge < -0.3 is 19.7 Å². The first kappa shape index (κ1) is 16.2. The normalized spacial score (nSPS) is 55.3. The zero-order valence-electron chi connectivity index (χ0n) is 14.0. The Bertz CT molecular complexity index is 472. The molecule has 23 heavy (non-hydrogen) atoms. The van der Waals surface area contributed by atoms with E-state index in [0.29, 0.717) is 18.8 Å². The molecule has 2 bridgehead atoms. The Hall–Kier alpha value is -0.240. The van der Waals surface area contributed by atoms with Crippen molar-refractivity contribution in [1.29, 1.82) is 0 Å². The van der Waals surface area contributed by atoms with Crippen molar-refractivity contribution in [1.82, 2.24) is 0 Å². The highest BCUT2D eigenvalue weighted by Gasteiger charge is 2.71. The summed E-state index contributed by atoms with van der Waals surface area (Å²) < 4.78 is 12.1. The summed E-state index contributed by atoms with van der Waals surface area (Å²) in [5.74, 6) is -0.135. The van der Waals surface area contributed by atoms with E-state index in [-0.39, 0.29) is 25.0 Å². The Morgan fingerprint density at radius 1 is 1.17 bits per heavy atom. The van der Waals surface area contributed by atoms with E-state index < -0.39 is 23.3 Å². The molecule has 5 aliphatic rings. The van der Waals surface area contributed by atoms with Crippen LogP contribution in [-0.2, 0) is 19.2 Å². The first-order chi connectivity index (χ1) is 10.9. The maximum atomic E-state index is 11.3. The summed E-state index contributed by atoms with van der Waals surface area (Å²) in [6, 6.07) is 0. The van der Waals surface area contributed by atoms with Gasteiger partial charge in [0.2, 0.25) is 5.79 Å². The standard InChI is InChI=1S/C17H28O6/c1-11-4-5-13-16(19,7-3-9-18)10-20-14-17(13)12(11)6-8-15(2,21-14)22-23-17/h11-14,18-19H,3-10H2,1-2H3/t11-,12+,13+,14-,15-,16+,17-/m1/s1. The van der Waals surface area contributed by atoms with Crippen LogP contribution in [0.15, 0.2) is 0 Å². The average molecular weight is 328 g/mol. The van der Waals surface area contributed by atoms with Crippen LogP contribution in [0.5, 0.6) is 0 Å². The van der Waals surface area contributed by atoms with Crippen LogP contribution < -0.4 is 0 Å². The molecule has 4 heterocycles. The van der Waals surface area contributed by atoms with Crippen LogP contribution in [0.25, 0.3) is 0 Å². The van der Waals surface area contributed by atoms with E-state index in [1.807, 2.05) is 6.92 Å². The predicted octanol–water partition coefficient (Wildman–Crippen LogP) is 1.74. The fraction of sp³-hybridized carbons (Fsp3) is 1.00. The third kappa shape index (κ3) is 2.23. The topological polar surface area (TPSA) is 77.4 Å². The number of hydrogen-bond acceptors (Lipinski definition) is 6. The van der Waals surface area contributed by atoms with Crippen LogP contribution in [0.1, 0.15) is 52.4 Å². The van der Waals surface area contributed by atoms with Gasteiger partial charge in [0.05, 0.1) is 12.2 Å². The van der Waals surface area contributed by atoms with E-state index in [9.17, 15) is 10.2 Å². The van der Waals surface area contributed by atoms with E-state index in [4.69, 9.17) is 19.2 Å². The van der Waals surface area contributed by atoms with E-state index >= 15 is 0 Å². The molecule has 132 valence electrons. The summed E-state index contributed by atoms with van der Waals surface area (Å²) in [5.41, 5.74) is -1.74. The zero-order chi connectivity index (χ0) is 16.3. The molecule has 1 aliphatic carbocycles. The quantitative estimate of drug-likeness (QED) is 0.769. The van der Waals surface area contributed by atoms with Gasteiger partial charge in [0.15, 0.2) is 11.9 Å². The SMILES string of the molecule is C[C@@H]1CC[C@H]2[C@](O)(CCCO)CO[C@@H]3O[C@@]4(C)CC[C@@H]1[C@]32OO4. The van der Waals surface area contributed by atoms with E-state index in [1.54, 1.807) is 0 Å². The predicted molar refractivity (Wildman–Crippen MR) is 80.0 cm³/mol. The minimum absolute atomic E-state index is 0.0667. The van der Waals surface area contributed by atoms with Gasteiger partial charge in [-0.2, -0.15) is 0 Å². The van der Waals surface area contributed by atoms with Crippen molar-refractivity contribution in [3.8, 4) is 0 Å². The van der Waals surface area contributed by atoms with Gasteiger partial charge in [-0.05, 0) is 50.9 Å². The van der Waals surface area contributed by atoms with Crippen molar-refractivity contribution < 1.29 is 29.5 Å². The monoisotopic (exact) mass is 328 g/mol. The Morgan fingerprint density at radius 3 is 2.78 bits per heavy atom. The van der Waals surface area contributed by atoms with Crippen LogP contribution in [0, 0.1) is 17.8 Å². The lowest BCUT2D eigenvalue weighted by Gasteiger charge is -2.61. The molecule has 6 heteroatoms. The Morgan fingerprint density at radius 2 is 2.00 bits per heavy atom. The Balaban J connectivity index is 1.74. The molecule has 0 unspecified atom stereocenters. The molecule has 0 amide bonds. The fourth-order valence-corrected chi connectivity index (χ4v) is 5.39. The molecule has 4 aliphatic heterocycles. The van der Waals surface area contributed by atoms with Crippen molar-refractivity contribution in [3.05, 3.63) is 0 Å². The van der Waals surface area contributed by atoms with Crippen LogP contribution in [0.3, 0.4) is 0 Å². The number of ether oxygens (including phenoxy) is 2. The molecule has 2 N–H and O–H groups in total. The number of hydrogen-bond donors (Lipinski definition) is 2. The third-order valence-electron chi connectivity index (χ3n) is 6.62. The zero-order valence-corrected chi connectivity index (χ0v) is 14.0. The fourth-order valence-electron chi connectivity index (χ4n) is 5.39. The second-order valence-electron chi connectivity index (χ2n) is 8.10. The van der Waals surface area contributed by atoms with E-state index in [0.717, 1.165) is 25.7 Å². The summed E-state index contributed by atoms with van der Waals surface area (Å²) in [4.78, 5) is 11.7. The van der Waals surface area contributed by atoms with Gasteiger partial charge in [-0.25, -0.2) is 9.78 Å².